The fourth-order valence-corrected chi connectivity index (χ4v) is 3.74. The Kier molecular flexibility index (Phi) is 2.96. The average Bonchev–Trinajstić information content (AvgIpc) is 2.61. The van der Waals surface area contributed by atoms with Gasteiger partial charge in [0, 0.05) is 5.39 Å². The molecule has 0 bridgehead atoms. The number of nitrogens with zero attached hydrogens (tertiary/aromatic N) is 1. The first-order valence-electron chi connectivity index (χ1n) is 4.10. The number of hydrogen-bond acceptors (Lipinski definition) is 5. The first-order chi connectivity index (χ1) is 7.15. The van der Waals surface area contributed by atoms with Crippen LogP contribution in [-0.4, -0.2) is 18.7 Å². The Hall–Kier alpha value is -0.630. The van der Waals surface area contributed by atoms with E-state index in [4.69, 9.17) is 0 Å². The van der Waals surface area contributed by atoms with Crippen molar-refractivity contribution in [1.29, 1.82) is 0 Å². The lowest BCUT2D eigenvalue weighted by molar-refractivity contribution is 0.586. The summed E-state index contributed by atoms with van der Waals surface area (Å²) in [6.07, 6.45) is 0. The van der Waals surface area contributed by atoms with Crippen molar-refractivity contribution in [3.05, 3.63) is 24.3 Å². The predicted octanol–water partition coefficient (Wildman–Crippen LogP) is 1.46. The van der Waals surface area contributed by atoms with E-state index < -0.39 is 10.0 Å². The van der Waals surface area contributed by atoms with Crippen molar-refractivity contribution in [1.82, 2.24) is 9.10 Å². The lowest BCUT2D eigenvalue weighted by Crippen LogP contribution is -2.22. The highest BCUT2D eigenvalue weighted by atomic mass is 32.2. The number of rotatable bonds is 3. The van der Waals surface area contributed by atoms with E-state index in [-0.39, 0.29) is 10.9 Å². The van der Waals surface area contributed by atoms with E-state index in [1.54, 1.807) is 12.1 Å². The molecule has 2 rings (SSSR count). The maximum Gasteiger partial charge on any atom is 0.260 e. The van der Waals surface area contributed by atoms with Crippen molar-refractivity contribution < 1.29 is 8.42 Å². The molecule has 0 aliphatic carbocycles. The lowest BCUT2D eigenvalue weighted by Gasteiger charge is -2.00. The third-order valence-electron chi connectivity index (χ3n) is 1.85. The van der Waals surface area contributed by atoms with E-state index in [9.17, 15) is 8.42 Å². The van der Waals surface area contributed by atoms with Gasteiger partial charge in [0.15, 0.2) is 5.03 Å². The molecule has 0 spiro atoms. The van der Waals surface area contributed by atoms with Crippen molar-refractivity contribution in [3.8, 4) is 0 Å². The van der Waals surface area contributed by atoms with Crippen molar-refractivity contribution in [2.45, 2.75) is 5.03 Å². The van der Waals surface area contributed by atoms with Crippen LogP contribution in [0.25, 0.3) is 10.1 Å². The van der Waals surface area contributed by atoms with Crippen LogP contribution in [0.2, 0.25) is 0 Å². The minimum absolute atomic E-state index is 0.0637. The first-order valence-corrected chi connectivity index (χ1v) is 6.99. The summed E-state index contributed by atoms with van der Waals surface area (Å²) in [5.74, 6) is 0.0637. The van der Waals surface area contributed by atoms with E-state index in [0.717, 1.165) is 4.70 Å². The summed E-state index contributed by atoms with van der Waals surface area (Å²) in [6.45, 7) is 0. The van der Waals surface area contributed by atoms with Crippen LogP contribution < -0.4 is 4.72 Å². The van der Waals surface area contributed by atoms with Gasteiger partial charge in [-0.25, -0.2) is 13.1 Å². The van der Waals surface area contributed by atoms with Gasteiger partial charge in [0.25, 0.3) is 10.0 Å². The molecule has 0 amide bonds. The molecule has 0 saturated heterocycles. The molecule has 0 fully saturated rings. The minimum Gasteiger partial charge on any atom is -0.205 e. The van der Waals surface area contributed by atoms with Crippen molar-refractivity contribution >= 4 is 44.3 Å². The van der Waals surface area contributed by atoms with Crippen LogP contribution in [0.5, 0.6) is 0 Å². The predicted molar refractivity (Wildman–Crippen MR) is 63.8 cm³/mol. The van der Waals surface area contributed by atoms with Crippen LogP contribution in [-0.2, 0) is 10.0 Å². The van der Waals surface area contributed by atoms with Crippen LogP contribution in [0.3, 0.4) is 0 Å². The molecular weight excluding hydrogens is 252 g/mol. The van der Waals surface area contributed by atoms with E-state index in [2.05, 4.69) is 21.7 Å². The van der Waals surface area contributed by atoms with Crippen molar-refractivity contribution in [3.63, 3.8) is 0 Å². The van der Waals surface area contributed by atoms with Crippen LogP contribution in [0, 0.1) is 0 Å². The molecule has 15 heavy (non-hydrogen) atoms. The molecule has 1 aromatic heterocycles. The Morgan fingerprint density at radius 2 is 2.13 bits per heavy atom. The Bertz CT molecular complexity index is 576. The highest BCUT2D eigenvalue weighted by molar-refractivity contribution is 7.90. The Labute approximate surface area is 96.9 Å². The summed E-state index contributed by atoms with van der Waals surface area (Å²) in [4.78, 5) is 0. The molecule has 0 radical (unpaired) electrons. The highest BCUT2D eigenvalue weighted by Crippen LogP contribution is 2.25. The lowest BCUT2D eigenvalue weighted by atomic mass is 10.3. The molecule has 0 aliphatic rings. The Morgan fingerprint density at radius 1 is 1.40 bits per heavy atom. The zero-order valence-corrected chi connectivity index (χ0v) is 10.1. The quantitative estimate of drug-likeness (QED) is 0.649. The minimum atomic E-state index is -3.52. The molecule has 1 heterocycles. The van der Waals surface area contributed by atoms with Crippen molar-refractivity contribution in [2.24, 2.45) is 0 Å². The van der Waals surface area contributed by atoms with Gasteiger partial charge in [-0.15, -0.1) is 0 Å². The number of thiol groups is 1. The summed E-state index contributed by atoms with van der Waals surface area (Å²) >= 11 is 5.00. The van der Waals surface area contributed by atoms with E-state index in [0.29, 0.717) is 5.39 Å². The highest BCUT2D eigenvalue weighted by Gasteiger charge is 2.19. The van der Waals surface area contributed by atoms with E-state index >= 15 is 0 Å². The maximum atomic E-state index is 11.7. The first kappa shape index (κ1) is 10.9. The average molecular weight is 260 g/mol. The second-order valence-electron chi connectivity index (χ2n) is 2.79. The van der Waals surface area contributed by atoms with Gasteiger partial charge in [0.1, 0.15) is 0 Å². The fourth-order valence-electron chi connectivity index (χ4n) is 1.21. The standard InChI is InChI=1S/C8H8N2O2S3/c11-15(12,9-5-13)8-6-3-1-2-4-7(6)14-10-8/h1-4,9,13H,5H2. The molecule has 7 heteroatoms. The molecule has 0 aliphatic heterocycles. The number of hydrogen-bond donors (Lipinski definition) is 2. The molecule has 4 nitrogen and oxygen atoms in total. The second-order valence-corrected chi connectivity index (χ2v) is 5.59. The van der Waals surface area contributed by atoms with Gasteiger partial charge in [-0.2, -0.15) is 17.0 Å². The van der Waals surface area contributed by atoms with Crippen LogP contribution >= 0.6 is 24.2 Å². The number of fused-ring (bicyclic) bond motifs is 1. The fraction of sp³-hybridized carbons (Fsp3) is 0.125. The zero-order chi connectivity index (χ0) is 10.9. The topological polar surface area (TPSA) is 59.1 Å². The summed E-state index contributed by atoms with van der Waals surface area (Å²) in [6, 6.07) is 7.22. The third-order valence-corrected chi connectivity index (χ3v) is 4.51. The van der Waals surface area contributed by atoms with Gasteiger partial charge < -0.3 is 0 Å². The smallest absolute Gasteiger partial charge is 0.205 e. The van der Waals surface area contributed by atoms with Gasteiger partial charge in [-0.1, -0.05) is 18.2 Å². The second kappa shape index (κ2) is 4.09. The number of sulfonamides is 1. The molecule has 1 N–H and O–H groups in total. The monoisotopic (exact) mass is 260 g/mol. The Balaban J connectivity index is 2.63. The maximum absolute atomic E-state index is 11.7. The molecule has 80 valence electrons. The van der Waals surface area contributed by atoms with Gasteiger partial charge in [0.2, 0.25) is 0 Å². The normalized spacial score (nSPS) is 12.1. The third kappa shape index (κ3) is 2.00. The van der Waals surface area contributed by atoms with Crippen LogP contribution in [0.1, 0.15) is 0 Å². The molecule has 1 aromatic carbocycles. The van der Waals surface area contributed by atoms with E-state index in [1.807, 2.05) is 12.1 Å². The van der Waals surface area contributed by atoms with Crippen LogP contribution in [0.4, 0.5) is 0 Å². The summed E-state index contributed by atoms with van der Waals surface area (Å²) in [5, 5.41) is 0.730. The molecular formula is C8H8N2O2S3. The zero-order valence-electron chi connectivity index (χ0n) is 7.54. The van der Waals surface area contributed by atoms with Gasteiger partial charge in [-0.05, 0) is 17.6 Å². The molecule has 0 unspecified atom stereocenters. The summed E-state index contributed by atoms with van der Waals surface area (Å²) in [5.41, 5.74) is 0. The molecule has 2 aromatic rings. The molecule has 0 saturated carbocycles. The number of nitrogens with one attached hydrogen (secondary N) is 1. The van der Waals surface area contributed by atoms with Gasteiger partial charge in [-0.3, -0.25) is 0 Å². The summed E-state index contributed by atoms with van der Waals surface area (Å²) < 4.78 is 30.5. The van der Waals surface area contributed by atoms with Crippen molar-refractivity contribution in [2.75, 3.05) is 5.88 Å². The molecule has 0 atom stereocenters. The number of benzene rings is 1. The Morgan fingerprint density at radius 3 is 2.87 bits per heavy atom. The largest absolute Gasteiger partial charge is 0.260 e. The SMILES string of the molecule is O=S(=O)(NCS)c1nsc2ccccc12. The van der Waals surface area contributed by atoms with E-state index in [1.165, 1.54) is 11.5 Å². The van der Waals surface area contributed by atoms with Gasteiger partial charge in [0.05, 0.1) is 10.6 Å². The number of aromatic nitrogens is 1. The van der Waals surface area contributed by atoms with Crippen LogP contribution in [0.15, 0.2) is 29.3 Å². The summed E-state index contributed by atoms with van der Waals surface area (Å²) in [7, 11) is -3.52. The van der Waals surface area contributed by atoms with Gasteiger partial charge >= 0.3 is 0 Å².